The number of benzene rings is 1. The second-order valence-corrected chi connectivity index (χ2v) is 12.7. The highest BCUT2D eigenvalue weighted by Gasteiger charge is 2.26. The number of oxime groups is 1. The fourth-order valence-corrected chi connectivity index (χ4v) is 5.74. The lowest BCUT2D eigenvalue weighted by Gasteiger charge is -2.33. The van der Waals surface area contributed by atoms with Crippen molar-refractivity contribution in [1.29, 1.82) is 10.5 Å². The van der Waals surface area contributed by atoms with Crippen molar-refractivity contribution in [1.82, 2.24) is 14.5 Å². The molecule has 45 heavy (non-hydrogen) atoms. The number of pyridine rings is 2. The molecule has 2 aromatic heterocycles. The van der Waals surface area contributed by atoms with Gasteiger partial charge in [-0.2, -0.15) is 10.5 Å². The Labute approximate surface area is 266 Å². The summed E-state index contributed by atoms with van der Waals surface area (Å²) in [5, 5.41) is 22.8. The molecule has 0 bridgehead atoms. The Kier molecular flexibility index (Phi) is 11.7. The summed E-state index contributed by atoms with van der Waals surface area (Å²) in [6, 6.07) is 16.2. The maximum Gasteiger partial charge on any atom is 0.270 e. The van der Waals surface area contributed by atoms with Crippen molar-refractivity contribution in [3.05, 3.63) is 69.1 Å². The Hall–Kier alpha value is -4.25. The van der Waals surface area contributed by atoms with E-state index in [4.69, 9.17) is 14.8 Å². The van der Waals surface area contributed by atoms with Crippen LogP contribution in [-0.2, 0) is 23.0 Å². The highest BCUT2D eigenvalue weighted by atomic mass is 16.6. The predicted molar refractivity (Wildman–Crippen MR) is 178 cm³/mol. The summed E-state index contributed by atoms with van der Waals surface area (Å²) in [6.45, 7) is 10.9. The maximum absolute atomic E-state index is 12.6. The van der Waals surface area contributed by atoms with Crippen LogP contribution in [0.5, 0.6) is 0 Å². The van der Waals surface area contributed by atoms with Gasteiger partial charge in [-0.25, -0.2) is 4.98 Å². The zero-order valence-electron chi connectivity index (χ0n) is 27.3. The van der Waals surface area contributed by atoms with Crippen LogP contribution in [0.25, 0.3) is 11.0 Å². The van der Waals surface area contributed by atoms with E-state index in [2.05, 4.69) is 39.3 Å². The van der Waals surface area contributed by atoms with E-state index in [-0.39, 0.29) is 28.5 Å². The number of aryl methyl sites for hydroxylation is 1. The topological polar surface area (TPSA) is 120 Å². The van der Waals surface area contributed by atoms with Crippen LogP contribution in [0.4, 0.5) is 5.69 Å². The number of rotatable bonds is 7. The molecule has 0 amide bonds. The molecule has 1 aromatic carbocycles. The summed E-state index contributed by atoms with van der Waals surface area (Å²) in [5.74, 6) is 0. The van der Waals surface area contributed by atoms with Crippen LogP contribution >= 0.6 is 0 Å². The molecule has 5 rings (SSSR count). The largest absolute Gasteiger partial charge is 0.390 e. The number of nitrogens with zero attached hydrogens (tertiary/aromatic N) is 7. The van der Waals surface area contributed by atoms with E-state index in [1.807, 2.05) is 44.9 Å². The highest BCUT2D eigenvalue weighted by molar-refractivity contribution is 5.92. The van der Waals surface area contributed by atoms with Crippen LogP contribution in [0.1, 0.15) is 75.3 Å². The monoisotopic (exact) mass is 611 g/mol. The average molecular weight is 612 g/mol. The molecular formula is C35H45N7O3. The predicted octanol–water partition coefficient (Wildman–Crippen LogP) is 5.16. The number of fused-ring (bicyclic) bond motifs is 1. The number of anilines is 1. The maximum atomic E-state index is 12.6. The minimum absolute atomic E-state index is 0.0978. The van der Waals surface area contributed by atoms with Gasteiger partial charge in [-0.05, 0) is 63.3 Å². The summed E-state index contributed by atoms with van der Waals surface area (Å²) < 4.78 is 6.80. The van der Waals surface area contributed by atoms with E-state index < -0.39 is 0 Å². The van der Waals surface area contributed by atoms with Gasteiger partial charge < -0.3 is 19.0 Å². The first-order valence-electron chi connectivity index (χ1n) is 15.8. The van der Waals surface area contributed by atoms with Crippen molar-refractivity contribution in [2.45, 2.75) is 70.9 Å². The summed E-state index contributed by atoms with van der Waals surface area (Å²) in [6.07, 6.45) is 8.44. The highest BCUT2D eigenvalue weighted by Crippen LogP contribution is 2.32. The molecule has 238 valence electrons. The number of aromatic nitrogens is 2. The van der Waals surface area contributed by atoms with Crippen LogP contribution in [0.15, 0.2) is 46.3 Å². The number of ether oxygens (including phenoxy) is 1. The van der Waals surface area contributed by atoms with Crippen molar-refractivity contribution >= 4 is 22.9 Å². The Balaban J connectivity index is 0.000000207. The Morgan fingerprint density at radius 2 is 1.84 bits per heavy atom. The van der Waals surface area contributed by atoms with Crippen LogP contribution in [-0.4, -0.2) is 72.2 Å². The molecule has 0 atom stereocenters. The molecule has 0 radical (unpaired) electrons. The fourth-order valence-electron chi connectivity index (χ4n) is 5.74. The van der Waals surface area contributed by atoms with Gasteiger partial charge in [-0.1, -0.05) is 48.7 Å². The summed E-state index contributed by atoms with van der Waals surface area (Å²) >= 11 is 0. The Morgan fingerprint density at radius 3 is 2.51 bits per heavy atom. The van der Waals surface area contributed by atoms with Crippen LogP contribution < -0.4 is 10.5 Å². The molecule has 1 saturated carbocycles. The molecule has 1 aliphatic carbocycles. The first-order valence-corrected chi connectivity index (χ1v) is 15.8. The van der Waals surface area contributed by atoms with Crippen LogP contribution in [0.2, 0.25) is 0 Å². The molecule has 2 aliphatic rings. The van der Waals surface area contributed by atoms with Gasteiger partial charge in [0.2, 0.25) is 0 Å². The van der Waals surface area contributed by atoms with E-state index in [0.717, 1.165) is 70.5 Å². The molecule has 1 saturated heterocycles. The van der Waals surface area contributed by atoms with Gasteiger partial charge >= 0.3 is 0 Å². The lowest BCUT2D eigenvalue weighted by molar-refractivity contribution is 0.00199. The standard InChI is InChI=1S/C18H19N5O.C17H26N2O2/c1-22(13-6-4-3-5-7-13)17-14(11-20)18(24)23(2)15-9-8-12(10-19)21-16(15)17;1-17(2,3)21-18-14-16-6-4-5-15(13-16)7-8-19-9-11-20-12-10-19/h8-9,13H,3-7H2,1-2H3;4-6,13-14H,7-12H2,1-3H3/b;18-14-. The fraction of sp³-hybridized carbons (Fsp3) is 0.514. The van der Waals surface area contributed by atoms with Gasteiger partial charge in [0.1, 0.15) is 34.5 Å². The van der Waals surface area contributed by atoms with Crippen molar-refractivity contribution < 1.29 is 9.57 Å². The molecule has 10 nitrogen and oxygen atoms in total. The Bertz CT molecular complexity index is 1620. The van der Waals surface area contributed by atoms with E-state index in [1.165, 1.54) is 16.6 Å². The van der Waals surface area contributed by atoms with Crippen molar-refractivity contribution in [3.8, 4) is 12.1 Å². The van der Waals surface area contributed by atoms with E-state index >= 15 is 0 Å². The summed E-state index contributed by atoms with van der Waals surface area (Å²) in [4.78, 5) is 26.9. The van der Waals surface area contributed by atoms with Crippen molar-refractivity contribution in [2.24, 2.45) is 12.2 Å². The number of morpholine rings is 1. The van der Waals surface area contributed by atoms with E-state index in [9.17, 15) is 10.1 Å². The van der Waals surface area contributed by atoms with Gasteiger partial charge in [-0.3, -0.25) is 9.69 Å². The minimum atomic E-state index is -0.325. The number of hydrogen-bond donors (Lipinski definition) is 0. The van der Waals surface area contributed by atoms with Gasteiger partial charge in [0.05, 0.1) is 30.6 Å². The number of hydrogen-bond acceptors (Lipinski definition) is 9. The third-order valence-corrected chi connectivity index (χ3v) is 8.22. The molecule has 1 aliphatic heterocycles. The average Bonchev–Trinajstić information content (AvgIpc) is 3.05. The zero-order chi connectivity index (χ0) is 32.4. The first-order chi connectivity index (χ1) is 21.6. The molecule has 3 heterocycles. The van der Waals surface area contributed by atoms with Gasteiger partial charge in [0, 0.05) is 39.8 Å². The normalized spacial score (nSPS) is 16.1. The van der Waals surface area contributed by atoms with Gasteiger partial charge in [0.15, 0.2) is 0 Å². The zero-order valence-corrected chi connectivity index (χ0v) is 27.3. The lowest BCUT2D eigenvalue weighted by Crippen LogP contribution is -2.37. The minimum Gasteiger partial charge on any atom is -0.390 e. The van der Waals surface area contributed by atoms with Gasteiger partial charge in [0.25, 0.3) is 5.56 Å². The molecule has 3 aromatic rings. The third kappa shape index (κ3) is 9.13. The smallest absolute Gasteiger partial charge is 0.270 e. The van der Waals surface area contributed by atoms with E-state index in [1.54, 1.807) is 25.4 Å². The molecular weight excluding hydrogens is 566 g/mol. The summed E-state index contributed by atoms with van der Waals surface area (Å²) in [7, 11) is 3.55. The van der Waals surface area contributed by atoms with Crippen LogP contribution in [0, 0.1) is 22.7 Å². The lowest BCUT2D eigenvalue weighted by atomic mass is 9.93. The molecule has 0 N–H and O–H groups in total. The van der Waals surface area contributed by atoms with E-state index in [0.29, 0.717) is 16.7 Å². The second-order valence-electron chi connectivity index (χ2n) is 12.7. The first kappa shape index (κ1) is 33.6. The van der Waals surface area contributed by atoms with Crippen molar-refractivity contribution in [3.63, 3.8) is 0 Å². The Morgan fingerprint density at radius 1 is 1.11 bits per heavy atom. The van der Waals surface area contributed by atoms with Crippen LogP contribution in [0.3, 0.4) is 0 Å². The molecule has 10 heteroatoms. The number of nitriles is 2. The molecule has 0 spiro atoms. The summed E-state index contributed by atoms with van der Waals surface area (Å²) in [5.41, 5.74) is 3.96. The van der Waals surface area contributed by atoms with Crippen molar-refractivity contribution in [2.75, 3.05) is 44.8 Å². The third-order valence-electron chi connectivity index (χ3n) is 8.22. The van der Waals surface area contributed by atoms with Gasteiger partial charge in [-0.15, -0.1) is 0 Å². The molecule has 2 fully saturated rings. The molecule has 0 unspecified atom stereocenters. The SMILES string of the molecule is CC(C)(C)O/N=C\c1cccc(CCN2CCOCC2)c1.CN(c1c(C#N)c(=O)n(C)c2ccc(C#N)nc12)C1CCCCC1. The quantitative estimate of drug-likeness (QED) is 0.266. The second kappa shape index (κ2) is 15.7.